The van der Waals surface area contributed by atoms with Crippen LogP contribution in [0.3, 0.4) is 0 Å². The average molecular weight is 250 g/mol. The van der Waals surface area contributed by atoms with Crippen molar-refractivity contribution in [1.29, 1.82) is 5.26 Å². The number of ether oxygens (including phenoxy) is 1. The van der Waals surface area contributed by atoms with E-state index in [0.717, 1.165) is 22.5 Å². The highest BCUT2D eigenvalue weighted by Gasteiger charge is 2.08. The Kier molecular flexibility index (Phi) is 2.62. The van der Waals surface area contributed by atoms with Gasteiger partial charge >= 0.3 is 0 Å². The summed E-state index contributed by atoms with van der Waals surface area (Å²) in [7, 11) is 1.63. The Labute approximate surface area is 109 Å². The maximum absolute atomic E-state index is 8.83. The Morgan fingerprint density at radius 3 is 2.68 bits per heavy atom. The van der Waals surface area contributed by atoms with E-state index >= 15 is 0 Å². The normalized spacial score (nSPS) is 10.3. The van der Waals surface area contributed by atoms with Gasteiger partial charge in [-0.1, -0.05) is 12.1 Å². The van der Waals surface area contributed by atoms with Gasteiger partial charge in [-0.05, 0) is 17.7 Å². The van der Waals surface area contributed by atoms with Gasteiger partial charge in [-0.2, -0.15) is 10.4 Å². The van der Waals surface area contributed by atoms with E-state index in [1.165, 1.54) is 0 Å². The van der Waals surface area contributed by atoms with Crippen molar-refractivity contribution in [3.8, 4) is 22.9 Å². The minimum atomic E-state index is 0.483. The molecule has 0 aliphatic rings. The minimum absolute atomic E-state index is 0.483. The first kappa shape index (κ1) is 11.2. The lowest BCUT2D eigenvalue weighted by Gasteiger charge is -2.01. The topological polar surface area (TPSA) is 63.2 Å². The summed E-state index contributed by atoms with van der Waals surface area (Å²) in [5.41, 5.74) is 3.14. The van der Waals surface area contributed by atoms with Gasteiger partial charge in [0.25, 0.3) is 0 Å². The Bertz CT molecular complexity index is 768. The minimum Gasteiger partial charge on any atom is -0.497 e. The number of aromatic nitrogens is 3. The molecule has 0 unspecified atom stereocenters. The second-order valence-corrected chi connectivity index (χ2v) is 4.01. The third-order valence-electron chi connectivity index (χ3n) is 2.89. The molecule has 0 saturated carbocycles. The van der Waals surface area contributed by atoms with Gasteiger partial charge < -0.3 is 4.74 Å². The van der Waals surface area contributed by atoms with Crippen LogP contribution in [0.15, 0.2) is 42.9 Å². The molecule has 5 heteroatoms. The summed E-state index contributed by atoms with van der Waals surface area (Å²) < 4.78 is 6.74. The molecule has 0 amide bonds. The molecule has 0 saturated heterocycles. The van der Waals surface area contributed by atoms with Gasteiger partial charge in [-0.15, -0.1) is 0 Å². The molecule has 0 atom stereocenters. The molecule has 0 radical (unpaired) electrons. The van der Waals surface area contributed by atoms with Crippen molar-refractivity contribution >= 4 is 5.65 Å². The van der Waals surface area contributed by atoms with Gasteiger partial charge in [-0.25, -0.2) is 9.50 Å². The average Bonchev–Trinajstić information content (AvgIpc) is 2.90. The quantitative estimate of drug-likeness (QED) is 0.700. The molecule has 1 aromatic carbocycles. The molecule has 19 heavy (non-hydrogen) atoms. The van der Waals surface area contributed by atoms with Crippen LogP contribution < -0.4 is 4.74 Å². The Balaban J connectivity index is 2.12. The number of rotatable bonds is 2. The number of hydrogen-bond acceptors (Lipinski definition) is 4. The van der Waals surface area contributed by atoms with Crippen molar-refractivity contribution < 1.29 is 4.74 Å². The molecule has 2 heterocycles. The fourth-order valence-electron chi connectivity index (χ4n) is 1.91. The van der Waals surface area contributed by atoms with Crippen LogP contribution in [0, 0.1) is 11.3 Å². The molecule has 0 fully saturated rings. The highest BCUT2D eigenvalue weighted by atomic mass is 16.5. The highest BCUT2D eigenvalue weighted by molar-refractivity contribution is 5.77. The lowest BCUT2D eigenvalue weighted by atomic mass is 10.1. The van der Waals surface area contributed by atoms with Gasteiger partial charge in [0.2, 0.25) is 0 Å². The number of fused-ring (bicyclic) bond motifs is 1. The largest absolute Gasteiger partial charge is 0.497 e. The van der Waals surface area contributed by atoms with Crippen LogP contribution in [0.5, 0.6) is 5.75 Å². The summed E-state index contributed by atoms with van der Waals surface area (Å²) in [5.74, 6) is 0.806. The van der Waals surface area contributed by atoms with Crippen molar-refractivity contribution in [2.75, 3.05) is 7.11 Å². The first-order valence-corrected chi connectivity index (χ1v) is 5.70. The van der Waals surface area contributed by atoms with E-state index in [1.54, 1.807) is 30.2 Å². The molecule has 92 valence electrons. The first-order chi connectivity index (χ1) is 9.31. The van der Waals surface area contributed by atoms with Gasteiger partial charge in [0.05, 0.1) is 25.1 Å². The number of hydrogen-bond donors (Lipinski definition) is 0. The van der Waals surface area contributed by atoms with Crippen LogP contribution in [-0.2, 0) is 0 Å². The SMILES string of the molecule is COc1ccc(-c2cnn3cc(C#N)cnc23)cc1. The summed E-state index contributed by atoms with van der Waals surface area (Å²) in [6.45, 7) is 0. The van der Waals surface area contributed by atoms with Crippen molar-refractivity contribution in [1.82, 2.24) is 14.6 Å². The third-order valence-corrected chi connectivity index (χ3v) is 2.89. The van der Waals surface area contributed by atoms with E-state index in [-0.39, 0.29) is 0 Å². The van der Waals surface area contributed by atoms with Crippen molar-refractivity contribution in [2.45, 2.75) is 0 Å². The van der Waals surface area contributed by atoms with Crippen LogP contribution >= 0.6 is 0 Å². The van der Waals surface area contributed by atoms with E-state index in [2.05, 4.69) is 10.1 Å². The summed E-state index contributed by atoms with van der Waals surface area (Å²) in [6, 6.07) is 9.73. The second kappa shape index (κ2) is 4.42. The van der Waals surface area contributed by atoms with Gasteiger partial charge in [0.15, 0.2) is 5.65 Å². The molecule has 3 aromatic rings. The number of nitrogens with zero attached hydrogens (tertiary/aromatic N) is 4. The van der Waals surface area contributed by atoms with Crippen molar-refractivity contribution in [3.63, 3.8) is 0 Å². The van der Waals surface area contributed by atoms with E-state index in [1.807, 2.05) is 30.3 Å². The Hall–Kier alpha value is -2.87. The molecule has 0 aliphatic heterocycles. The summed E-state index contributed by atoms with van der Waals surface area (Å²) in [6.07, 6.45) is 4.95. The van der Waals surface area contributed by atoms with E-state index in [0.29, 0.717) is 5.56 Å². The molecule has 5 nitrogen and oxygen atoms in total. The van der Waals surface area contributed by atoms with Crippen molar-refractivity contribution in [2.24, 2.45) is 0 Å². The van der Waals surface area contributed by atoms with Crippen LogP contribution in [0.1, 0.15) is 5.56 Å². The third kappa shape index (κ3) is 1.89. The van der Waals surface area contributed by atoms with E-state index in [4.69, 9.17) is 10.00 Å². The molecule has 0 spiro atoms. The van der Waals surface area contributed by atoms with Crippen LogP contribution in [0.4, 0.5) is 0 Å². The van der Waals surface area contributed by atoms with Gasteiger partial charge in [0.1, 0.15) is 11.8 Å². The summed E-state index contributed by atoms with van der Waals surface area (Å²) >= 11 is 0. The lowest BCUT2D eigenvalue weighted by Crippen LogP contribution is -1.91. The maximum Gasteiger partial charge on any atom is 0.162 e. The number of benzene rings is 1. The van der Waals surface area contributed by atoms with Crippen LogP contribution in [0.2, 0.25) is 0 Å². The Morgan fingerprint density at radius 1 is 1.21 bits per heavy atom. The second-order valence-electron chi connectivity index (χ2n) is 4.01. The molecule has 2 aromatic heterocycles. The summed E-state index contributed by atoms with van der Waals surface area (Å²) in [4.78, 5) is 4.28. The zero-order chi connectivity index (χ0) is 13.2. The van der Waals surface area contributed by atoms with Crippen molar-refractivity contribution in [3.05, 3.63) is 48.4 Å². The molecule has 3 rings (SSSR count). The molecule has 0 bridgehead atoms. The molecule has 0 N–H and O–H groups in total. The van der Waals surface area contributed by atoms with E-state index in [9.17, 15) is 0 Å². The summed E-state index contributed by atoms with van der Waals surface area (Å²) in [5, 5.41) is 13.1. The lowest BCUT2D eigenvalue weighted by molar-refractivity contribution is 0.415. The Morgan fingerprint density at radius 2 is 2.00 bits per heavy atom. The fourth-order valence-corrected chi connectivity index (χ4v) is 1.91. The predicted molar refractivity (Wildman–Crippen MR) is 69.7 cm³/mol. The van der Waals surface area contributed by atoms with Crippen LogP contribution in [-0.4, -0.2) is 21.7 Å². The number of methoxy groups -OCH3 is 1. The van der Waals surface area contributed by atoms with Crippen LogP contribution in [0.25, 0.3) is 16.8 Å². The molecular weight excluding hydrogens is 240 g/mol. The first-order valence-electron chi connectivity index (χ1n) is 5.70. The molecule has 0 aliphatic carbocycles. The standard InChI is InChI=1S/C14H10N4O/c1-19-12-4-2-11(3-5-12)13-8-17-18-9-10(6-15)7-16-14(13)18/h2-5,7-9H,1H3. The van der Waals surface area contributed by atoms with Gasteiger partial charge in [-0.3, -0.25) is 0 Å². The predicted octanol–water partition coefficient (Wildman–Crippen LogP) is 2.28. The zero-order valence-corrected chi connectivity index (χ0v) is 10.2. The van der Waals surface area contributed by atoms with E-state index < -0.39 is 0 Å². The fraction of sp³-hybridized carbons (Fsp3) is 0.0714. The maximum atomic E-state index is 8.83. The smallest absolute Gasteiger partial charge is 0.162 e. The molecular formula is C14H10N4O. The number of nitriles is 1. The van der Waals surface area contributed by atoms with Gasteiger partial charge in [0, 0.05) is 11.8 Å². The monoisotopic (exact) mass is 250 g/mol. The highest BCUT2D eigenvalue weighted by Crippen LogP contribution is 2.25. The zero-order valence-electron chi connectivity index (χ0n) is 10.2.